The molecule has 1 aromatic carbocycles. The molecule has 2 N–H and O–H groups in total. The molecule has 0 aliphatic heterocycles. The molecular weight excluding hydrogens is 364 g/mol. The molecular formula is C19H22N4OS2. The average Bonchev–Trinajstić information content (AvgIpc) is 3.31. The topological polar surface area (TPSA) is 70.7 Å². The van der Waals surface area contributed by atoms with E-state index in [2.05, 4.69) is 40.4 Å². The number of nitrogens with one attached hydrogen (secondary N) is 2. The number of hydrogen-bond donors (Lipinski definition) is 2. The largest absolute Gasteiger partial charge is 0.348 e. The Hall–Kier alpha value is -2.12. The summed E-state index contributed by atoms with van der Waals surface area (Å²) in [5, 5.41) is 12.9. The Morgan fingerprint density at radius 2 is 2.04 bits per heavy atom. The van der Waals surface area contributed by atoms with Gasteiger partial charge < -0.3 is 5.32 Å². The summed E-state index contributed by atoms with van der Waals surface area (Å²) in [6.45, 7) is 4.22. The van der Waals surface area contributed by atoms with Crippen molar-refractivity contribution in [3.63, 3.8) is 0 Å². The highest BCUT2D eigenvalue weighted by Crippen LogP contribution is 2.22. The number of hydrogen-bond acceptors (Lipinski definition) is 5. The van der Waals surface area contributed by atoms with Crippen LogP contribution in [-0.4, -0.2) is 26.8 Å². The number of aromatic amines is 1. The maximum absolute atomic E-state index is 12.4. The number of aromatic nitrogens is 3. The van der Waals surface area contributed by atoms with Crippen molar-refractivity contribution in [3.8, 4) is 0 Å². The predicted octanol–water partition coefficient (Wildman–Crippen LogP) is 4.06. The SMILES string of the molecule is CC(C)C(NC(=O)CSc1n[nH]c(Cc2cccs2)n1)c1ccccc1. The summed E-state index contributed by atoms with van der Waals surface area (Å²) < 4.78 is 0. The zero-order valence-corrected chi connectivity index (χ0v) is 16.4. The number of thiophene rings is 1. The molecule has 0 saturated heterocycles. The first-order valence-electron chi connectivity index (χ1n) is 8.52. The van der Waals surface area contributed by atoms with E-state index in [9.17, 15) is 4.79 Å². The summed E-state index contributed by atoms with van der Waals surface area (Å²) in [6, 6.07) is 14.2. The van der Waals surface area contributed by atoms with Gasteiger partial charge in [-0.3, -0.25) is 9.89 Å². The first kappa shape index (κ1) is 18.7. The summed E-state index contributed by atoms with van der Waals surface area (Å²) in [4.78, 5) is 18.1. The molecule has 0 fully saturated rings. The standard InChI is InChI=1S/C19H22N4OS2/c1-13(2)18(14-7-4-3-5-8-14)21-17(24)12-26-19-20-16(22-23-19)11-15-9-6-10-25-15/h3-10,13,18H,11-12H2,1-2H3,(H,21,24)(H,20,22,23). The van der Waals surface area contributed by atoms with Crippen LogP contribution in [-0.2, 0) is 11.2 Å². The van der Waals surface area contributed by atoms with Crippen LogP contribution < -0.4 is 5.32 Å². The maximum atomic E-state index is 12.4. The maximum Gasteiger partial charge on any atom is 0.230 e. The zero-order chi connectivity index (χ0) is 18.4. The Morgan fingerprint density at radius 3 is 2.73 bits per heavy atom. The molecule has 0 aliphatic rings. The first-order valence-corrected chi connectivity index (χ1v) is 10.4. The van der Waals surface area contributed by atoms with Crippen LogP contribution in [0.25, 0.3) is 0 Å². The van der Waals surface area contributed by atoms with E-state index in [1.165, 1.54) is 16.6 Å². The molecule has 136 valence electrons. The monoisotopic (exact) mass is 386 g/mol. The Bertz CT molecular complexity index is 815. The van der Waals surface area contributed by atoms with Crippen LogP contribution in [0.5, 0.6) is 0 Å². The smallest absolute Gasteiger partial charge is 0.230 e. The van der Waals surface area contributed by atoms with E-state index in [0.29, 0.717) is 16.8 Å². The van der Waals surface area contributed by atoms with Crippen LogP contribution in [0.15, 0.2) is 53.0 Å². The predicted molar refractivity (Wildman–Crippen MR) is 106 cm³/mol. The van der Waals surface area contributed by atoms with Crippen LogP contribution in [0.4, 0.5) is 0 Å². The van der Waals surface area contributed by atoms with Crippen molar-refractivity contribution in [2.24, 2.45) is 5.92 Å². The molecule has 0 radical (unpaired) electrons. The van der Waals surface area contributed by atoms with Crippen LogP contribution >= 0.6 is 23.1 Å². The van der Waals surface area contributed by atoms with Gasteiger partial charge >= 0.3 is 0 Å². The number of thioether (sulfide) groups is 1. The third-order valence-corrected chi connectivity index (χ3v) is 5.63. The third kappa shape index (κ3) is 5.19. The normalized spacial score (nSPS) is 12.3. The van der Waals surface area contributed by atoms with E-state index in [4.69, 9.17) is 0 Å². The van der Waals surface area contributed by atoms with Gasteiger partial charge in [-0.25, -0.2) is 4.98 Å². The van der Waals surface area contributed by atoms with Gasteiger partial charge in [-0.1, -0.05) is 62.0 Å². The third-order valence-electron chi connectivity index (χ3n) is 3.91. The molecule has 1 amide bonds. The second kappa shape index (κ2) is 9.00. The van der Waals surface area contributed by atoms with Crippen molar-refractivity contribution in [1.82, 2.24) is 20.5 Å². The van der Waals surface area contributed by atoms with Gasteiger partial charge in [-0.2, -0.15) is 0 Å². The lowest BCUT2D eigenvalue weighted by atomic mass is 9.96. The molecule has 2 aromatic heterocycles. The van der Waals surface area contributed by atoms with Crippen molar-refractivity contribution in [2.45, 2.75) is 31.5 Å². The molecule has 1 unspecified atom stereocenters. The summed E-state index contributed by atoms with van der Waals surface area (Å²) in [5.41, 5.74) is 1.12. The summed E-state index contributed by atoms with van der Waals surface area (Å²) in [5.74, 6) is 1.42. The molecule has 2 heterocycles. The molecule has 1 atom stereocenters. The van der Waals surface area contributed by atoms with Crippen molar-refractivity contribution < 1.29 is 4.79 Å². The number of carbonyl (C=O) groups is 1. The lowest BCUT2D eigenvalue weighted by Crippen LogP contribution is -2.32. The quantitative estimate of drug-likeness (QED) is 0.573. The highest BCUT2D eigenvalue weighted by molar-refractivity contribution is 7.99. The number of nitrogens with zero attached hydrogens (tertiary/aromatic N) is 2. The van der Waals surface area contributed by atoms with Gasteiger partial charge in [-0.05, 0) is 22.9 Å². The molecule has 0 spiro atoms. The number of H-pyrrole nitrogens is 1. The van der Waals surface area contributed by atoms with Crippen LogP contribution in [0.2, 0.25) is 0 Å². The number of amides is 1. The molecule has 0 aliphatic carbocycles. The van der Waals surface area contributed by atoms with E-state index in [-0.39, 0.29) is 11.9 Å². The molecule has 0 saturated carbocycles. The summed E-state index contributed by atoms with van der Waals surface area (Å²) in [7, 11) is 0. The molecule has 7 heteroatoms. The van der Waals surface area contributed by atoms with Crippen LogP contribution in [0, 0.1) is 5.92 Å². The second-order valence-corrected chi connectivity index (χ2v) is 8.28. The van der Waals surface area contributed by atoms with E-state index < -0.39 is 0 Å². The fraction of sp³-hybridized carbons (Fsp3) is 0.316. The van der Waals surface area contributed by atoms with Crippen molar-refractivity contribution >= 4 is 29.0 Å². The van der Waals surface area contributed by atoms with Crippen molar-refractivity contribution in [3.05, 3.63) is 64.1 Å². The summed E-state index contributed by atoms with van der Waals surface area (Å²) >= 11 is 3.04. The Balaban J connectivity index is 1.52. The van der Waals surface area contributed by atoms with Crippen molar-refractivity contribution in [2.75, 3.05) is 5.75 Å². The minimum Gasteiger partial charge on any atom is -0.348 e. The first-order chi connectivity index (χ1) is 12.6. The van der Waals surface area contributed by atoms with Crippen molar-refractivity contribution in [1.29, 1.82) is 0 Å². The molecule has 0 bridgehead atoms. The van der Waals surface area contributed by atoms with Crippen LogP contribution in [0.1, 0.15) is 36.2 Å². The van der Waals surface area contributed by atoms with E-state index in [1.54, 1.807) is 11.3 Å². The second-order valence-electron chi connectivity index (χ2n) is 6.31. The average molecular weight is 387 g/mol. The van der Waals surface area contributed by atoms with Gasteiger partial charge in [0, 0.05) is 11.3 Å². The molecule has 26 heavy (non-hydrogen) atoms. The highest BCUT2D eigenvalue weighted by atomic mass is 32.2. The van der Waals surface area contributed by atoms with E-state index in [1.807, 2.05) is 41.8 Å². The molecule has 3 aromatic rings. The highest BCUT2D eigenvalue weighted by Gasteiger charge is 2.18. The lowest BCUT2D eigenvalue weighted by molar-refractivity contribution is -0.119. The number of benzene rings is 1. The van der Waals surface area contributed by atoms with E-state index >= 15 is 0 Å². The Labute approximate surface area is 161 Å². The summed E-state index contributed by atoms with van der Waals surface area (Å²) in [6.07, 6.45) is 0.737. The minimum atomic E-state index is -0.0119. The Morgan fingerprint density at radius 1 is 1.23 bits per heavy atom. The van der Waals surface area contributed by atoms with Gasteiger partial charge in [-0.15, -0.1) is 16.4 Å². The lowest BCUT2D eigenvalue weighted by Gasteiger charge is -2.22. The van der Waals surface area contributed by atoms with E-state index in [0.717, 1.165) is 17.8 Å². The van der Waals surface area contributed by atoms with Gasteiger partial charge in [0.05, 0.1) is 11.8 Å². The van der Waals surface area contributed by atoms with Gasteiger partial charge in [0.1, 0.15) is 5.82 Å². The fourth-order valence-corrected chi connectivity index (χ4v) is 3.98. The molecule has 3 rings (SSSR count). The van der Waals surface area contributed by atoms with Crippen LogP contribution in [0.3, 0.4) is 0 Å². The zero-order valence-electron chi connectivity index (χ0n) is 14.8. The number of carbonyl (C=O) groups excluding carboxylic acids is 1. The molecule has 5 nitrogen and oxygen atoms in total. The van der Waals surface area contributed by atoms with Gasteiger partial charge in [0.15, 0.2) is 0 Å². The number of rotatable bonds is 8. The van der Waals surface area contributed by atoms with Gasteiger partial charge in [0.25, 0.3) is 0 Å². The fourth-order valence-electron chi connectivity index (χ4n) is 2.64. The Kier molecular flexibility index (Phi) is 6.46. The van der Waals surface area contributed by atoms with Gasteiger partial charge in [0.2, 0.25) is 11.1 Å². The minimum absolute atomic E-state index is 0.00540.